The molecule has 0 spiro atoms. The summed E-state index contributed by atoms with van der Waals surface area (Å²) < 4.78 is 4.56. The SMILES string of the molecule is CC[C@H]1[C@H](NC(=O)OC)C(=O)N1[C@@H](C)c1ccccc1. The fraction of sp³-hybridized carbons (Fsp3) is 0.467. The fourth-order valence-electron chi connectivity index (χ4n) is 2.71. The molecule has 20 heavy (non-hydrogen) atoms. The highest BCUT2D eigenvalue weighted by Gasteiger charge is 2.49. The van der Waals surface area contributed by atoms with Gasteiger partial charge in [0.15, 0.2) is 0 Å². The lowest BCUT2D eigenvalue weighted by Gasteiger charge is -2.50. The van der Waals surface area contributed by atoms with Crippen LogP contribution in [0.4, 0.5) is 4.79 Å². The summed E-state index contributed by atoms with van der Waals surface area (Å²) in [6.07, 6.45) is 0.228. The van der Waals surface area contributed by atoms with Crippen LogP contribution in [0.3, 0.4) is 0 Å². The second kappa shape index (κ2) is 5.94. The maximum atomic E-state index is 12.3. The predicted octanol–water partition coefficient (Wildman–Crippen LogP) is 2.09. The molecule has 1 N–H and O–H groups in total. The number of likely N-dealkylation sites (tertiary alicyclic amines) is 1. The van der Waals surface area contributed by atoms with Crippen molar-refractivity contribution >= 4 is 12.0 Å². The first-order valence-corrected chi connectivity index (χ1v) is 6.81. The third-order valence-electron chi connectivity index (χ3n) is 3.84. The number of amides is 2. The molecule has 0 aliphatic carbocycles. The van der Waals surface area contributed by atoms with E-state index in [2.05, 4.69) is 10.1 Å². The van der Waals surface area contributed by atoms with E-state index in [9.17, 15) is 9.59 Å². The zero-order chi connectivity index (χ0) is 14.7. The van der Waals surface area contributed by atoms with Crippen molar-refractivity contribution in [2.75, 3.05) is 7.11 Å². The van der Waals surface area contributed by atoms with E-state index in [1.165, 1.54) is 7.11 Å². The lowest BCUT2D eigenvalue weighted by atomic mass is 9.89. The number of rotatable bonds is 4. The van der Waals surface area contributed by atoms with Crippen LogP contribution in [-0.2, 0) is 9.53 Å². The molecule has 1 heterocycles. The van der Waals surface area contributed by atoms with Crippen molar-refractivity contribution in [1.29, 1.82) is 0 Å². The Hall–Kier alpha value is -2.04. The van der Waals surface area contributed by atoms with Crippen LogP contribution in [0.5, 0.6) is 0 Å². The normalized spacial score (nSPS) is 22.9. The molecule has 2 amide bonds. The Kier molecular flexibility index (Phi) is 4.27. The van der Waals surface area contributed by atoms with Crippen molar-refractivity contribution in [3.8, 4) is 0 Å². The molecule has 0 aromatic heterocycles. The Morgan fingerprint density at radius 1 is 1.40 bits per heavy atom. The third kappa shape index (κ3) is 2.48. The lowest BCUT2D eigenvalue weighted by Crippen LogP contribution is -2.70. The maximum absolute atomic E-state index is 12.3. The van der Waals surface area contributed by atoms with Gasteiger partial charge in [-0.15, -0.1) is 0 Å². The van der Waals surface area contributed by atoms with Crippen LogP contribution < -0.4 is 5.32 Å². The summed E-state index contributed by atoms with van der Waals surface area (Å²) in [5.74, 6) is -0.0568. The van der Waals surface area contributed by atoms with E-state index in [4.69, 9.17) is 0 Å². The standard InChI is InChI=1S/C15H20N2O3/c1-4-12-13(16-15(19)20-3)14(18)17(12)10(2)11-8-6-5-7-9-11/h5-10,12-13H,4H2,1-3H3,(H,16,19)/t10-,12-,13-/m0/s1. The number of alkyl carbamates (subject to hydrolysis) is 1. The third-order valence-corrected chi connectivity index (χ3v) is 3.84. The van der Waals surface area contributed by atoms with Crippen LogP contribution in [0.2, 0.25) is 0 Å². The number of ether oxygens (including phenoxy) is 1. The Labute approximate surface area is 118 Å². The van der Waals surface area contributed by atoms with Crippen molar-refractivity contribution in [1.82, 2.24) is 10.2 Å². The van der Waals surface area contributed by atoms with Gasteiger partial charge in [-0.25, -0.2) is 4.79 Å². The van der Waals surface area contributed by atoms with Gasteiger partial charge >= 0.3 is 6.09 Å². The predicted molar refractivity (Wildman–Crippen MR) is 75.1 cm³/mol. The summed E-state index contributed by atoms with van der Waals surface area (Å²) in [5, 5.41) is 2.60. The summed E-state index contributed by atoms with van der Waals surface area (Å²) in [4.78, 5) is 25.3. The van der Waals surface area contributed by atoms with Crippen LogP contribution in [0.15, 0.2) is 30.3 Å². The van der Waals surface area contributed by atoms with Crippen LogP contribution in [-0.4, -0.2) is 36.1 Å². The Morgan fingerprint density at radius 2 is 2.05 bits per heavy atom. The van der Waals surface area contributed by atoms with E-state index in [-0.39, 0.29) is 18.0 Å². The van der Waals surface area contributed by atoms with E-state index >= 15 is 0 Å². The minimum Gasteiger partial charge on any atom is -0.453 e. The smallest absolute Gasteiger partial charge is 0.407 e. The molecule has 1 aromatic carbocycles. The van der Waals surface area contributed by atoms with E-state index < -0.39 is 12.1 Å². The van der Waals surface area contributed by atoms with Gasteiger partial charge < -0.3 is 15.0 Å². The molecule has 108 valence electrons. The summed E-state index contributed by atoms with van der Waals surface area (Å²) in [7, 11) is 1.30. The molecule has 3 atom stereocenters. The molecule has 5 heteroatoms. The maximum Gasteiger partial charge on any atom is 0.407 e. The number of nitrogens with zero attached hydrogens (tertiary/aromatic N) is 1. The fourth-order valence-corrected chi connectivity index (χ4v) is 2.71. The quantitative estimate of drug-likeness (QED) is 0.857. The van der Waals surface area contributed by atoms with Gasteiger partial charge in [0.1, 0.15) is 6.04 Å². The van der Waals surface area contributed by atoms with Crippen molar-refractivity contribution in [2.24, 2.45) is 0 Å². The largest absolute Gasteiger partial charge is 0.453 e. The van der Waals surface area contributed by atoms with Crippen molar-refractivity contribution in [3.05, 3.63) is 35.9 Å². The monoisotopic (exact) mass is 276 g/mol. The minimum absolute atomic E-state index is 0.00402. The highest BCUT2D eigenvalue weighted by molar-refractivity contribution is 5.92. The van der Waals surface area contributed by atoms with Gasteiger partial charge in [-0.1, -0.05) is 37.3 Å². The molecule has 1 aromatic rings. The Morgan fingerprint density at radius 3 is 2.60 bits per heavy atom. The number of methoxy groups -OCH3 is 1. The summed E-state index contributed by atoms with van der Waals surface area (Å²) >= 11 is 0. The Bertz CT molecular complexity index is 489. The van der Waals surface area contributed by atoms with E-state index in [0.717, 1.165) is 12.0 Å². The molecule has 1 fully saturated rings. The van der Waals surface area contributed by atoms with Crippen LogP contribution >= 0.6 is 0 Å². The molecule has 2 rings (SSSR count). The number of carbonyl (C=O) groups excluding carboxylic acids is 2. The second-order valence-electron chi connectivity index (χ2n) is 4.92. The van der Waals surface area contributed by atoms with E-state index in [1.54, 1.807) is 0 Å². The zero-order valence-electron chi connectivity index (χ0n) is 12.0. The number of benzene rings is 1. The van der Waals surface area contributed by atoms with Crippen molar-refractivity contribution in [2.45, 2.75) is 38.4 Å². The van der Waals surface area contributed by atoms with Gasteiger partial charge in [0.2, 0.25) is 5.91 Å². The van der Waals surface area contributed by atoms with E-state index in [0.29, 0.717) is 0 Å². The molecule has 1 aliphatic rings. The molecule has 0 saturated carbocycles. The van der Waals surface area contributed by atoms with Crippen LogP contribution in [0.25, 0.3) is 0 Å². The van der Waals surface area contributed by atoms with Crippen LogP contribution in [0, 0.1) is 0 Å². The first-order chi connectivity index (χ1) is 9.60. The van der Waals surface area contributed by atoms with E-state index in [1.807, 2.05) is 49.1 Å². The molecule has 1 aliphatic heterocycles. The lowest BCUT2D eigenvalue weighted by molar-refractivity contribution is -0.155. The average molecular weight is 276 g/mol. The minimum atomic E-state index is -0.561. The summed E-state index contributed by atoms with van der Waals surface area (Å²) in [5.41, 5.74) is 1.09. The van der Waals surface area contributed by atoms with Crippen LogP contribution in [0.1, 0.15) is 31.9 Å². The number of β-lactam (4-membered cyclic amide) rings is 1. The molecule has 0 bridgehead atoms. The highest BCUT2D eigenvalue weighted by atomic mass is 16.5. The molecular weight excluding hydrogens is 256 g/mol. The molecular formula is C15H20N2O3. The molecule has 0 radical (unpaired) electrons. The van der Waals surface area contributed by atoms with Crippen molar-refractivity contribution in [3.63, 3.8) is 0 Å². The Balaban J connectivity index is 2.10. The second-order valence-corrected chi connectivity index (χ2v) is 4.92. The van der Waals surface area contributed by atoms with Gasteiger partial charge in [0.25, 0.3) is 0 Å². The van der Waals surface area contributed by atoms with Gasteiger partial charge in [-0.2, -0.15) is 0 Å². The highest BCUT2D eigenvalue weighted by Crippen LogP contribution is 2.33. The van der Waals surface area contributed by atoms with Crippen molar-refractivity contribution < 1.29 is 14.3 Å². The topological polar surface area (TPSA) is 58.6 Å². The van der Waals surface area contributed by atoms with Gasteiger partial charge in [-0.05, 0) is 18.9 Å². The molecule has 0 unspecified atom stereocenters. The summed E-state index contributed by atoms with van der Waals surface area (Å²) in [6, 6.07) is 9.42. The molecule has 5 nitrogen and oxygen atoms in total. The number of hydrogen-bond acceptors (Lipinski definition) is 3. The van der Waals surface area contributed by atoms with Gasteiger partial charge in [-0.3, -0.25) is 4.79 Å². The number of carbonyl (C=O) groups is 2. The number of hydrogen-bond donors (Lipinski definition) is 1. The van der Waals surface area contributed by atoms with Gasteiger partial charge in [0, 0.05) is 0 Å². The summed E-state index contributed by atoms with van der Waals surface area (Å²) in [6.45, 7) is 4.01. The van der Waals surface area contributed by atoms with Gasteiger partial charge in [0.05, 0.1) is 19.2 Å². The first kappa shape index (κ1) is 14.4. The first-order valence-electron chi connectivity index (χ1n) is 6.81. The zero-order valence-corrected chi connectivity index (χ0v) is 12.0. The average Bonchev–Trinajstić information content (AvgIpc) is 2.49. The molecule has 1 saturated heterocycles. The number of nitrogens with one attached hydrogen (secondary N) is 1.